The molecule has 0 saturated carbocycles. The molecule has 1 aromatic heterocycles. The maximum atomic E-state index is 12.1. The Hall–Kier alpha value is -3.15. The number of hydrogen-bond acceptors (Lipinski definition) is 4. The number of hydrogen-bond donors (Lipinski definition) is 1. The van der Waals surface area contributed by atoms with Crippen molar-refractivity contribution in [2.24, 2.45) is 5.10 Å². The van der Waals surface area contributed by atoms with E-state index >= 15 is 0 Å². The van der Waals surface area contributed by atoms with E-state index in [4.69, 9.17) is 4.74 Å². The third-order valence-corrected chi connectivity index (χ3v) is 4.38. The number of hydrazone groups is 1. The molecule has 2 aromatic carbocycles. The Labute approximate surface area is 145 Å². The highest BCUT2D eigenvalue weighted by molar-refractivity contribution is 6.03. The molecule has 2 heterocycles. The Morgan fingerprint density at radius 2 is 1.96 bits per heavy atom. The Kier molecular flexibility index (Phi) is 3.72. The summed E-state index contributed by atoms with van der Waals surface area (Å²) in [6.07, 6.45) is 0.617. The van der Waals surface area contributed by atoms with Gasteiger partial charge in [0, 0.05) is 13.3 Å². The first-order chi connectivity index (χ1) is 12.2. The Balaban J connectivity index is 1.68. The third kappa shape index (κ3) is 2.76. The van der Waals surface area contributed by atoms with Crippen molar-refractivity contribution in [1.29, 1.82) is 0 Å². The predicted octanol–water partition coefficient (Wildman–Crippen LogP) is 3.27. The molecule has 25 heavy (non-hydrogen) atoms. The smallest absolute Gasteiger partial charge is 0.240 e. The van der Waals surface area contributed by atoms with E-state index in [0.717, 1.165) is 33.9 Å². The molecule has 1 N–H and O–H groups in total. The van der Waals surface area contributed by atoms with Gasteiger partial charge in [-0.25, -0.2) is 9.99 Å². The molecule has 6 nitrogen and oxygen atoms in total. The average molecular weight is 334 g/mol. The molecular weight excluding hydrogens is 316 g/mol. The molecule has 0 radical (unpaired) electrons. The van der Waals surface area contributed by atoms with Gasteiger partial charge in [0.15, 0.2) is 0 Å². The van der Waals surface area contributed by atoms with E-state index in [1.807, 2.05) is 48.5 Å². The maximum absolute atomic E-state index is 12.1. The van der Waals surface area contributed by atoms with Crippen LogP contribution in [0.2, 0.25) is 0 Å². The molecule has 6 heteroatoms. The molecule has 0 bridgehead atoms. The van der Waals surface area contributed by atoms with Gasteiger partial charge in [-0.2, -0.15) is 5.10 Å². The third-order valence-electron chi connectivity index (χ3n) is 4.38. The number of para-hydroxylation sites is 2. The normalized spacial score (nSPS) is 17.0. The largest absolute Gasteiger partial charge is 0.497 e. The minimum Gasteiger partial charge on any atom is -0.497 e. The van der Waals surface area contributed by atoms with Crippen LogP contribution in [0.5, 0.6) is 5.75 Å². The molecule has 0 fully saturated rings. The number of aromatic nitrogens is 2. The molecule has 3 aromatic rings. The van der Waals surface area contributed by atoms with E-state index in [-0.39, 0.29) is 11.9 Å². The molecule has 0 aliphatic carbocycles. The first-order valence-electron chi connectivity index (χ1n) is 8.12. The standard InChI is InChI=1S/C19H18N4O2/c1-12(24)23-18(19-20-15-5-3-4-6-16(15)21-19)11-17(22-23)13-7-9-14(25-2)10-8-13/h3-10,18H,11H2,1-2H3,(H,20,21)/t18-/m1/s1. The topological polar surface area (TPSA) is 70.6 Å². The van der Waals surface area contributed by atoms with Crippen molar-refractivity contribution < 1.29 is 9.53 Å². The number of amides is 1. The van der Waals surface area contributed by atoms with Crippen LogP contribution in [0, 0.1) is 0 Å². The van der Waals surface area contributed by atoms with Gasteiger partial charge in [-0.05, 0) is 42.0 Å². The van der Waals surface area contributed by atoms with Gasteiger partial charge >= 0.3 is 0 Å². The van der Waals surface area contributed by atoms with Crippen molar-refractivity contribution in [2.75, 3.05) is 7.11 Å². The van der Waals surface area contributed by atoms with Gasteiger partial charge < -0.3 is 9.72 Å². The molecule has 1 aliphatic heterocycles. The second kappa shape index (κ2) is 6.05. The molecule has 0 saturated heterocycles. The van der Waals surface area contributed by atoms with Gasteiger partial charge in [0.1, 0.15) is 17.6 Å². The lowest BCUT2D eigenvalue weighted by Gasteiger charge is -2.17. The molecule has 1 amide bonds. The molecule has 4 rings (SSSR count). The zero-order chi connectivity index (χ0) is 17.4. The molecule has 1 aliphatic rings. The Bertz CT molecular complexity index is 926. The number of nitrogens with one attached hydrogen (secondary N) is 1. The van der Waals surface area contributed by atoms with Crippen LogP contribution >= 0.6 is 0 Å². The molecule has 0 unspecified atom stereocenters. The molecule has 0 spiro atoms. The van der Waals surface area contributed by atoms with Crippen LogP contribution in [0.1, 0.15) is 30.8 Å². The van der Waals surface area contributed by atoms with Gasteiger partial charge in [-0.3, -0.25) is 4.79 Å². The van der Waals surface area contributed by atoms with Gasteiger partial charge in [-0.15, -0.1) is 0 Å². The van der Waals surface area contributed by atoms with Crippen molar-refractivity contribution in [3.05, 3.63) is 59.9 Å². The van der Waals surface area contributed by atoms with Crippen LogP contribution in [0.3, 0.4) is 0 Å². The van der Waals surface area contributed by atoms with Crippen LogP contribution < -0.4 is 4.74 Å². The van der Waals surface area contributed by atoms with E-state index in [0.29, 0.717) is 6.42 Å². The van der Waals surface area contributed by atoms with E-state index in [9.17, 15) is 4.79 Å². The number of carbonyl (C=O) groups excluding carboxylic acids is 1. The number of methoxy groups -OCH3 is 1. The van der Waals surface area contributed by atoms with E-state index in [2.05, 4.69) is 15.1 Å². The summed E-state index contributed by atoms with van der Waals surface area (Å²) >= 11 is 0. The first kappa shape index (κ1) is 15.4. The first-order valence-corrected chi connectivity index (χ1v) is 8.12. The number of ether oxygens (including phenoxy) is 1. The summed E-state index contributed by atoms with van der Waals surface area (Å²) < 4.78 is 5.20. The van der Waals surface area contributed by atoms with Gasteiger partial charge in [0.25, 0.3) is 0 Å². The predicted molar refractivity (Wildman–Crippen MR) is 95.5 cm³/mol. The second-order valence-corrected chi connectivity index (χ2v) is 6.00. The van der Waals surface area contributed by atoms with Crippen LogP contribution in [-0.4, -0.2) is 33.7 Å². The van der Waals surface area contributed by atoms with Gasteiger partial charge in [0.2, 0.25) is 5.91 Å². The quantitative estimate of drug-likeness (QED) is 0.799. The highest BCUT2D eigenvalue weighted by Crippen LogP contribution is 2.32. The number of aromatic amines is 1. The summed E-state index contributed by atoms with van der Waals surface area (Å²) in [5, 5.41) is 6.05. The van der Waals surface area contributed by atoms with Crippen molar-refractivity contribution >= 4 is 22.7 Å². The van der Waals surface area contributed by atoms with Crippen molar-refractivity contribution in [3.63, 3.8) is 0 Å². The summed E-state index contributed by atoms with van der Waals surface area (Å²) in [5.74, 6) is 1.44. The number of nitrogens with zero attached hydrogens (tertiary/aromatic N) is 3. The zero-order valence-electron chi connectivity index (χ0n) is 14.1. The van der Waals surface area contributed by atoms with Crippen LogP contribution in [0.4, 0.5) is 0 Å². The van der Waals surface area contributed by atoms with Crippen LogP contribution in [0.15, 0.2) is 53.6 Å². The van der Waals surface area contributed by atoms with Crippen molar-refractivity contribution in [3.8, 4) is 5.75 Å². The SMILES string of the molecule is COc1ccc(C2=NN(C(C)=O)[C@@H](c3nc4ccccc4[nH]3)C2)cc1. The monoisotopic (exact) mass is 334 g/mol. The Morgan fingerprint density at radius 3 is 2.64 bits per heavy atom. The fourth-order valence-electron chi connectivity index (χ4n) is 3.10. The fourth-order valence-corrected chi connectivity index (χ4v) is 3.10. The minimum atomic E-state index is -0.220. The van der Waals surface area contributed by atoms with Crippen LogP contribution in [-0.2, 0) is 4.79 Å². The van der Waals surface area contributed by atoms with Crippen molar-refractivity contribution in [1.82, 2.24) is 15.0 Å². The number of imidazole rings is 1. The lowest BCUT2D eigenvalue weighted by molar-refractivity contribution is -0.130. The molecule has 1 atom stereocenters. The highest BCUT2D eigenvalue weighted by atomic mass is 16.5. The summed E-state index contributed by atoms with van der Waals surface area (Å²) in [7, 11) is 1.64. The maximum Gasteiger partial charge on any atom is 0.240 e. The average Bonchev–Trinajstić information content (AvgIpc) is 3.26. The summed E-state index contributed by atoms with van der Waals surface area (Å²) in [6.45, 7) is 1.52. The Morgan fingerprint density at radius 1 is 1.20 bits per heavy atom. The van der Waals surface area contributed by atoms with E-state index in [1.165, 1.54) is 11.9 Å². The lowest BCUT2D eigenvalue weighted by Crippen LogP contribution is -2.25. The van der Waals surface area contributed by atoms with Crippen molar-refractivity contribution in [2.45, 2.75) is 19.4 Å². The fraction of sp³-hybridized carbons (Fsp3) is 0.211. The number of carbonyl (C=O) groups is 1. The second-order valence-electron chi connectivity index (χ2n) is 6.00. The number of H-pyrrole nitrogens is 1. The number of fused-ring (bicyclic) bond motifs is 1. The molecular formula is C19H18N4O2. The minimum absolute atomic E-state index is 0.103. The molecule has 126 valence electrons. The lowest BCUT2D eigenvalue weighted by atomic mass is 10.0. The van der Waals surface area contributed by atoms with Crippen LogP contribution in [0.25, 0.3) is 11.0 Å². The summed E-state index contributed by atoms with van der Waals surface area (Å²) in [5.41, 5.74) is 3.69. The highest BCUT2D eigenvalue weighted by Gasteiger charge is 2.33. The van der Waals surface area contributed by atoms with Gasteiger partial charge in [0.05, 0.1) is 23.9 Å². The summed E-state index contributed by atoms with van der Waals surface area (Å²) in [4.78, 5) is 20.0. The zero-order valence-corrected chi connectivity index (χ0v) is 14.1. The van der Waals surface area contributed by atoms with E-state index < -0.39 is 0 Å². The number of benzene rings is 2. The van der Waals surface area contributed by atoms with E-state index in [1.54, 1.807) is 7.11 Å². The number of rotatable bonds is 3. The van der Waals surface area contributed by atoms with Gasteiger partial charge in [-0.1, -0.05) is 12.1 Å². The summed E-state index contributed by atoms with van der Waals surface area (Å²) in [6, 6.07) is 15.3.